The minimum atomic E-state index is -3.72. The van der Waals surface area contributed by atoms with Gasteiger partial charge >= 0.3 is 0 Å². The molecule has 5 nitrogen and oxygen atoms in total. The Kier molecular flexibility index (Phi) is 3.85. The van der Waals surface area contributed by atoms with Gasteiger partial charge in [0, 0.05) is 30.6 Å². The monoisotopic (exact) mass is 374 g/mol. The topological polar surface area (TPSA) is 59.4 Å². The molecule has 0 radical (unpaired) electrons. The van der Waals surface area contributed by atoms with Crippen molar-refractivity contribution in [2.75, 3.05) is 6.54 Å². The molecule has 0 saturated heterocycles. The number of hydrogen-bond donors (Lipinski definition) is 0. The van der Waals surface area contributed by atoms with Crippen LogP contribution in [-0.4, -0.2) is 23.8 Å². The molecule has 1 aromatic heterocycles. The van der Waals surface area contributed by atoms with Gasteiger partial charge in [-0.3, -0.25) is 9.10 Å². The van der Waals surface area contributed by atoms with Crippen molar-refractivity contribution in [3.8, 4) is 0 Å². The third kappa shape index (κ3) is 2.55. The first kappa shape index (κ1) is 16.6. The fourth-order valence-corrected chi connectivity index (χ4v) is 5.59. The zero-order chi connectivity index (χ0) is 17.8. The van der Waals surface area contributed by atoms with Crippen LogP contribution in [0.1, 0.15) is 19.3 Å². The van der Waals surface area contributed by atoms with Gasteiger partial charge in [0.25, 0.3) is 15.6 Å². The number of aryl methyl sites for hydroxylation is 1. The Labute approximate surface area is 148 Å². The van der Waals surface area contributed by atoms with Gasteiger partial charge in [0.1, 0.15) is 0 Å². The Bertz CT molecular complexity index is 1110. The van der Waals surface area contributed by atoms with Crippen LogP contribution in [0.25, 0.3) is 10.8 Å². The second-order valence-corrected chi connectivity index (χ2v) is 9.06. The van der Waals surface area contributed by atoms with E-state index in [2.05, 4.69) is 9.24 Å². The summed E-state index contributed by atoms with van der Waals surface area (Å²) in [6.07, 6.45) is 6.21. The van der Waals surface area contributed by atoms with E-state index in [9.17, 15) is 13.2 Å². The van der Waals surface area contributed by atoms with Crippen LogP contribution in [0.4, 0.5) is 0 Å². The third-order valence-corrected chi connectivity index (χ3v) is 7.26. The van der Waals surface area contributed by atoms with E-state index in [0.29, 0.717) is 17.3 Å². The number of nitrogens with zero attached hydrogens (tertiary/aromatic N) is 2. The summed E-state index contributed by atoms with van der Waals surface area (Å²) in [5, 5.41) is 2.02. The van der Waals surface area contributed by atoms with Crippen LogP contribution in [-0.2, 0) is 17.1 Å². The van der Waals surface area contributed by atoms with Crippen molar-refractivity contribution >= 4 is 30.0 Å². The SMILES string of the molecule is Cn1ccc2c(S(=O)(=O)N3CCC4=C3C=C(P)CC4)cccc2c1=O. The van der Waals surface area contributed by atoms with E-state index < -0.39 is 10.0 Å². The van der Waals surface area contributed by atoms with E-state index in [1.807, 2.05) is 6.08 Å². The van der Waals surface area contributed by atoms with Crippen molar-refractivity contribution in [3.05, 3.63) is 63.5 Å². The molecule has 1 unspecified atom stereocenters. The molecule has 0 spiro atoms. The molecule has 1 atom stereocenters. The Morgan fingerprint density at radius 2 is 1.88 bits per heavy atom. The maximum atomic E-state index is 13.4. The van der Waals surface area contributed by atoms with Crippen LogP contribution in [0.2, 0.25) is 0 Å². The highest BCUT2D eigenvalue weighted by Gasteiger charge is 2.34. The normalized spacial score (nSPS) is 17.8. The molecular formula is C18H19N2O3PS. The summed E-state index contributed by atoms with van der Waals surface area (Å²) in [5.74, 6) is 0. The second kappa shape index (κ2) is 5.82. The van der Waals surface area contributed by atoms with Crippen LogP contribution >= 0.6 is 9.24 Å². The summed E-state index contributed by atoms with van der Waals surface area (Å²) < 4.78 is 29.7. The van der Waals surface area contributed by atoms with Crippen molar-refractivity contribution < 1.29 is 8.42 Å². The van der Waals surface area contributed by atoms with Crippen molar-refractivity contribution in [2.45, 2.75) is 24.2 Å². The predicted octanol–water partition coefficient (Wildman–Crippen LogP) is 2.74. The second-order valence-electron chi connectivity index (χ2n) is 6.48. The van der Waals surface area contributed by atoms with Gasteiger partial charge in [-0.1, -0.05) is 6.07 Å². The van der Waals surface area contributed by atoms with Crippen molar-refractivity contribution in [3.63, 3.8) is 0 Å². The molecule has 0 fully saturated rings. The first-order valence-corrected chi connectivity index (χ1v) is 10.2. The van der Waals surface area contributed by atoms with Crippen LogP contribution in [0.5, 0.6) is 0 Å². The molecule has 1 aromatic carbocycles. The fourth-order valence-electron chi connectivity index (χ4n) is 3.57. The molecule has 7 heteroatoms. The van der Waals surface area contributed by atoms with Crippen molar-refractivity contribution in [2.24, 2.45) is 7.05 Å². The van der Waals surface area contributed by atoms with Gasteiger partial charge in [-0.15, -0.1) is 9.24 Å². The summed E-state index contributed by atoms with van der Waals surface area (Å²) in [7, 11) is 0.629. The van der Waals surface area contributed by atoms with Gasteiger partial charge in [0.15, 0.2) is 0 Å². The van der Waals surface area contributed by atoms with E-state index in [1.165, 1.54) is 14.4 Å². The molecule has 0 saturated carbocycles. The number of rotatable bonds is 2. The Balaban J connectivity index is 1.90. The third-order valence-electron chi connectivity index (χ3n) is 4.93. The van der Waals surface area contributed by atoms with Gasteiger partial charge < -0.3 is 4.57 Å². The lowest BCUT2D eigenvalue weighted by atomic mass is 10.0. The van der Waals surface area contributed by atoms with Crippen LogP contribution in [0.3, 0.4) is 0 Å². The van der Waals surface area contributed by atoms with E-state index in [0.717, 1.165) is 30.3 Å². The Hall–Kier alpha value is -1.91. The van der Waals surface area contributed by atoms with Gasteiger partial charge in [0.2, 0.25) is 0 Å². The van der Waals surface area contributed by atoms with E-state index in [-0.39, 0.29) is 10.5 Å². The molecule has 1 aliphatic heterocycles. The summed E-state index contributed by atoms with van der Waals surface area (Å²) in [6, 6.07) is 6.60. The van der Waals surface area contributed by atoms with E-state index in [4.69, 9.17) is 0 Å². The minimum Gasteiger partial charge on any atom is -0.318 e. The fraction of sp³-hybridized carbons (Fsp3) is 0.278. The summed E-state index contributed by atoms with van der Waals surface area (Å²) in [6.45, 7) is 0.461. The lowest BCUT2D eigenvalue weighted by Gasteiger charge is -2.23. The molecule has 2 aromatic rings. The molecule has 2 aliphatic rings. The summed E-state index contributed by atoms with van der Waals surface area (Å²) in [5.41, 5.74) is 1.81. The lowest BCUT2D eigenvalue weighted by Crippen LogP contribution is -2.28. The van der Waals surface area contributed by atoms with Gasteiger partial charge in [0.05, 0.1) is 10.6 Å². The zero-order valence-corrected chi connectivity index (χ0v) is 15.9. The highest BCUT2D eigenvalue weighted by Crippen LogP contribution is 2.39. The molecule has 0 N–H and O–H groups in total. The lowest BCUT2D eigenvalue weighted by molar-refractivity contribution is 0.507. The predicted molar refractivity (Wildman–Crippen MR) is 102 cm³/mol. The maximum absolute atomic E-state index is 13.4. The highest BCUT2D eigenvalue weighted by atomic mass is 32.2. The molecule has 130 valence electrons. The van der Waals surface area contributed by atoms with E-state index >= 15 is 0 Å². The van der Waals surface area contributed by atoms with Gasteiger partial charge in [-0.05, 0) is 54.4 Å². The number of pyridine rings is 1. The van der Waals surface area contributed by atoms with E-state index in [1.54, 1.807) is 37.5 Å². The standard InChI is InChI=1S/C18H19N2O3PS/c1-19-9-8-14-15(18(19)21)3-2-4-17(14)25(22,23)20-10-7-12-5-6-13(24)11-16(12)20/h2-4,8-9,11H,5-7,10,24H2,1H3. The van der Waals surface area contributed by atoms with Crippen LogP contribution < -0.4 is 5.56 Å². The number of hydrogen-bond acceptors (Lipinski definition) is 3. The molecule has 4 rings (SSSR count). The number of allylic oxidation sites excluding steroid dienone is 2. The number of fused-ring (bicyclic) bond motifs is 1. The molecule has 0 amide bonds. The highest BCUT2D eigenvalue weighted by molar-refractivity contribution is 7.89. The van der Waals surface area contributed by atoms with Crippen LogP contribution in [0, 0.1) is 0 Å². The van der Waals surface area contributed by atoms with Gasteiger partial charge in [-0.2, -0.15) is 0 Å². The van der Waals surface area contributed by atoms with Crippen LogP contribution in [0.15, 0.2) is 62.8 Å². The first-order chi connectivity index (χ1) is 11.9. The Morgan fingerprint density at radius 1 is 1.08 bits per heavy atom. The molecule has 25 heavy (non-hydrogen) atoms. The average Bonchev–Trinajstić information content (AvgIpc) is 3.01. The molecule has 1 aliphatic carbocycles. The molecular weight excluding hydrogens is 355 g/mol. The summed E-state index contributed by atoms with van der Waals surface area (Å²) >= 11 is 0. The van der Waals surface area contributed by atoms with Crippen molar-refractivity contribution in [1.82, 2.24) is 8.87 Å². The number of sulfonamides is 1. The quantitative estimate of drug-likeness (QED) is 0.760. The average molecular weight is 374 g/mol. The Morgan fingerprint density at radius 3 is 2.68 bits per heavy atom. The number of aromatic nitrogens is 1. The number of benzene rings is 1. The molecule has 2 heterocycles. The smallest absolute Gasteiger partial charge is 0.264 e. The minimum absolute atomic E-state index is 0.194. The van der Waals surface area contributed by atoms with Gasteiger partial charge in [-0.25, -0.2) is 8.42 Å². The molecule has 0 bridgehead atoms. The van der Waals surface area contributed by atoms with Crippen molar-refractivity contribution in [1.29, 1.82) is 0 Å². The summed E-state index contributed by atoms with van der Waals surface area (Å²) in [4.78, 5) is 12.5. The largest absolute Gasteiger partial charge is 0.318 e. The maximum Gasteiger partial charge on any atom is 0.264 e. The first-order valence-electron chi connectivity index (χ1n) is 8.19. The zero-order valence-electron chi connectivity index (χ0n) is 13.9.